The van der Waals surface area contributed by atoms with Gasteiger partial charge in [0.25, 0.3) is 0 Å². The minimum Gasteiger partial charge on any atom is -0.454 e. The molecule has 2 aliphatic heterocycles. The van der Waals surface area contributed by atoms with Gasteiger partial charge in [-0.3, -0.25) is 9.59 Å². The van der Waals surface area contributed by atoms with Gasteiger partial charge in [-0.25, -0.2) is 0 Å². The van der Waals surface area contributed by atoms with Crippen LogP contribution in [0.15, 0.2) is 48.5 Å². The van der Waals surface area contributed by atoms with E-state index in [4.69, 9.17) is 9.47 Å². The highest BCUT2D eigenvalue weighted by molar-refractivity contribution is 5.80. The predicted molar refractivity (Wildman–Crippen MR) is 113 cm³/mol. The van der Waals surface area contributed by atoms with E-state index in [1.54, 1.807) is 0 Å². The van der Waals surface area contributed by atoms with Crippen molar-refractivity contribution in [1.82, 2.24) is 10.2 Å². The monoisotopic (exact) mass is 408 g/mol. The van der Waals surface area contributed by atoms with Crippen LogP contribution in [0, 0.1) is 0 Å². The summed E-state index contributed by atoms with van der Waals surface area (Å²) in [5.74, 6) is 1.66. The first-order chi connectivity index (χ1) is 14.6. The molecule has 30 heavy (non-hydrogen) atoms. The van der Waals surface area contributed by atoms with Gasteiger partial charge in [-0.2, -0.15) is 0 Å². The Morgan fingerprint density at radius 2 is 1.90 bits per heavy atom. The number of carbonyl (C=O) groups excluding carboxylic acids is 2. The first kappa shape index (κ1) is 20.3. The Bertz CT molecular complexity index is 915. The molecule has 0 spiro atoms. The Morgan fingerprint density at radius 3 is 2.63 bits per heavy atom. The van der Waals surface area contributed by atoms with E-state index >= 15 is 0 Å². The summed E-state index contributed by atoms with van der Waals surface area (Å²) < 4.78 is 10.9. The molecule has 1 N–H and O–H groups in total. The summed E-state index contributed by atoms with van der Waals surface area (Å²) in [5, 5.41) is 3.16. The van der Waals surface area contributed by atoms with Gasteiger partial charge in [0.15, 0.2) is 11.5 Å². The van der Waals surface area contributed by atoms with Crippen LogP contribution in [0.5, 0.6) is 11.5 Å². The molecule has 2 heterocycles. The van der Waals surface area contributed by atoms with Gasteiger partial charge < -0.3 is 19.7 Å². The summed E-state index contributed by atoms with van der Waals surface area (Å²) in [6, 6.07) is 15.9. The number of rotatable bonds is 8. The molecule has 0 aliphatic carbocycles. The number of ether oxygens (including phenoxy) is 2. The fourth-order valence-electron chi connectivity index (χ4n) is 4.31. The van der Waals surface area contributed by atoms with Crippen molar-refractivity contribution in [3.63, 3.8) is 0 Å². The Hall–Kier alpha value is -3.02. The van der Waals surface area contributed by atoms with Crippen LogP contribution in [0.4, 0.5) is 0 Å². The van der Waals surface area contributed by atoms with Crippen LogP contribution in [0.2, 0.25) is 0 Å². The predicted octanol–water partition coefficient (Wildman–Crippen LogP) is 3.44. The minimum atomic E-state index is -0.396. The molecule has 0 radical (unpaired) electrons. The third kappa shape index (κ3) is 4.58. The third-order valence-electron chi connectivity index (χ3n) is 5.98. The number of hydrogen-bond donors (Lipinski definition) is 1. The Kier molecular flexibility index (Phi) is 5.93. The fraction of sp³-hybridized carbons (Fsp3) is 0.417. The standard InChI is InChI=1S/C24H28N2O4/c1-2-26(16-18-6-4-3-5-7-18)23(28)11-13-24(12-10-22(27)25-24)15-19-8-9-20-21(14-19)30-17-29-20/h3-9,14H,2,10-13,15-17H2,1H3,(H,25,27)/t24-/m0/s1. The molecule has 1 atom stereocenters. The Balaban J connectivity index is 1.42. The van der Waals surface area contributed by atoms with Gasteiger partial charge >= 0.3 is 0 Å². The average molecular weight is 408 g/mol. The topological polar surface area (TPSA) is 67.9 Å². The van der Waals surface area contributed by atoms with Crippen LogP contribution in [-0.4, -0.2) is 35.6 Å². The van der Waals surface area contributed by atoms with E-state index in [-0.39, 0.29) is 18.6 Å². The maximum absolute atomic E-state index is 12.9. The molecular weight excluding hydrogens is 380 g/mol. The van der Waals surface area contributed by atoms with Gasteiger partial charge in [-0.15, -0.1) is 0 Å². The smallest absolute Gasteiger partial charge is 0.231 e. The number of hydrogen-bond acceptors (Lipinski definition) is 4. The summed E-state index contributed by atoms with van der Waals surface area (Å²) in [6.45, 7) is 3.51. The SMILES string of the molecule is CCN(Cc1ccccc1)C(=O)CC[C@]1(Cc2ccc3c(c2)OCO3)CCC(=O)N1. The summed E-state index contributed by atoms with van der Waals surface area (Å²) in [7, 11) is 0. The van der Waals surface area contributed by atoms with Crippen molar-refractivity contribution in [2.75, 3.05) is 13.3 Å². The molecule has 6 heteroatoms. The molecule has 0 bridgehead atoms. The summed E-state index contributed by atoms with van der Waals surface area (Å²) in [4.78, 5) is 26.9. The normalized spacial score (nSPS) is 19.6. The maximum atomic E-state index is 12.9. The fourth-order valence-corrected chi connectivity index (χ4v) is 4.31. The van der Waals surface area contributed by atoms with Gasteiger partial charge in [0.05, 0.1) is 0 Å². The van der Waals surface area contributed by atoms with Gasteiger partial charge in [0, 0.05) is 31.5 Å². The number of nitrogens with zero attached hydrogens (tertiary/aromatic N) is 1. The van der Waals surface area contributed by atoms with E-state index in [1.165, 1.54) is 0 Å². The first-order valence-electron chi connectivity index (χ1n) is 10.6. The molecule has 0 unspecified atom stereocenters. The van der Waals surface area contributed by atoms with Crippen molar-refractivity contribution in [3.8, 4) is 11.5 Å². The van der Waals surface area contributed by atoms with Crippen LogP contribution in [0.3, 0.4) is 0 Å². The van der Waals surface area contributed by atoms with E-state index in [0.29, 0.717) is 38.8 Å². The minimum absolute atomic E-state index is 0.0554. The lowest BCUT2D eigenvalue weighted by Gasteiger charge is -2.30. The second-order valence-electron chi connectivity index (χ2n) is 8.09. The molecule has 1 saturated heterocycles. The highest BCUT2D eigenvalue weighted by Gasteiger charge is 2.38. The lowest BCUT2D eigenvalue weighted by Crippen LogP contribution is -2.44. The molecule has 0 aromatic heterocycles. The molecule has 6 nitrogen and oxygen atoms in total. The first-order valence-corrected chi connectivity index (χ1v) is 10.6. The van der Waals surface area contributed by atoms with E-state index in [2.05, 4.69) is 5.32 Å². The largest absolute Gasteiger partial charge is 0.454 e. The highest BCUT2D eigenvalue weighted by atomic mass is 16.7. The highest BCUT2D eigenvalue weighted by Crippen LogP contribution is 2.36. The number of nitrogens with one attached hydrogen (secondary N) is 1. The molecule has 158 valence electrons. The van der Waals surface area contributed by atoms with Crippen LogP contribution < -0.4 is 14.8 Å². The van der Waals surface area contributed by atoms with Crippen LogP contribution in [-0.2, 0) is 22.6 Å². The van der Waals surface area contributed by atoms with Gasteiger partial charge in [-0.1, -0.05) is 36.4 Å². The zero-order chi connectivity index (χ0) is 21.0. The van der Waals surface area contributed by atoms with Crippen molar-refractivity contribution in [3.05, 3.63) is 59.7 Å². The van der Waals surface area contributed by atoms with Crippen LogP contribution in [0.25, 0.3) is 0 Å². The summed E-state index contributed by atoms with van der Waals surface area (Å²) >= 11 is 0. The van der Waals surface area contributed by atoms with Gasteiger partial charge in [0.2, 0.25) is 18.6 Å². The second-order valence-corrected chi connectivity index (χ2v) is 8.09. The van der Waals surface area contributed by atoms with Crippen LogP contribution in [0.1, 0.15) is 43.7 Å². The number of benzene rings is 2. The lowest BCUT2D eigenvalue weighted by molar-refractivity contribution is -0.132. The van der Waals surface area contributed by atoms with Crippen molar-refractivity contribution < 1.29 is 19.1 Å². The van der Waals surface area contributed by atoms with E-state index < -0.39 is 5.54 Å². The molecule has 2 aromatic carbocycles. The van der Waals surface area contributed by atoms with E-state index in [0.717, 1.165) is 29.0 Å². The van der Waals surface area contributed by atoms with Gasteiger partial charge in [-0.05, 0) is 49.4 Å². The zero-order valence-electron chi connectivity index (χ0n) is 17.4. The quantitative estimate of drug-likeness (QED) is 0.727. The van der Waals surface area contributed by atoms with Crippen molar-refractivity contribution in [2.24, 2.45) is 0 Å². The van der Waals surface area contributed by atoms with E-state index in [1.807, 2.05) is 60.4 Å². The Morgan fingerprint density at radius 1 is 1.10 bits per heavy atom. The molecule has 0 saturated carbocycles. The van der Waals surface area contributed by atoms with Crippen LogP contribution >= 0.6 is 0 Å². The number of fused-ring (bicyclic) bond motifs is 1. The number of carbonyl (C=O) groups is 2. The summed E-state index contributed by atoms with van der Waals surface area (Å²) in [5.41, 5.74) is 1.80. The second kappa shape index (κ2) is 8.78. The average Bonchev–Trinajstić information content (AvgIpc) is 3.37. The molecule has 2 aromatic rings. The lowest BCUT2D eigenvalue weighted by atomic mass is 9.84. The van der Waals surface area contributed by atoms with E-state index in [9.17, 15) is 9.59 Å². The van der Waals surface area contributed by atoms with Crippen molar-refractivity contribution in [1.29, 1.82) is 0 Å². The number of amides is 2. The molecular formula is C24H28N2O4. The van der Waals surface area contributed by atoms with Crippen molar-refractivity contribution >= 4 is 11.8 Å². The maximum Gasteiger partial charge on any atom is 0.231 e. The Labute approximate surface area is 177 Å². The van der Waals surface area contributed by atoms with Gasteiger partial charge in [0.1, 0.15) is 0 Å². The zero-order valence-corrected chi connectivity index (χ0v) is 17.4. The molecule has 4 rings (SSSR count). The van der Waals surface area contributed by atoms with Crippen molar-refractivity contribution in [2.45, 2.75) is 51.1 Å². The molecule has 1 fully saturated rings. The third-order valence-corrected chi connectivity index (χ3v) is 5.98. The summed E-state index contributed by atoms with van der Waals surface area (Å²) in [6.07, 6.45) is 2.94. The molecule has 2 amide bonds. The molecule has 2 aliphatic rings.